The van der Waals surface area contributed by atoms with Crippen LogP contribution in [0, 0.1) is 0 Å². The number of methoxy groups -OCH3 is 1. The van der Waals surface area contributed by atoms with Crippen LogP contribution in [0.2, 0.25) is 0 Å². The Hall–Kier alpha value is -1.65. The number of nitrogens with one attached hydrogen (secondary N) is 1. The molecular formula is C8H10N2O3. The summed E-state index contributed by atoms with van der Waals surface area (Å²) in [5, 5.41) is 0. The summed E-state index contributed by atoms with van der Waals surface area (Å²) in [6.45, 7) is 1.81. The third-order valence-electron chi connectivity index (χ3n) is 1.66. The van der Waals surface area contributed by atoms with Gasteiger partial charge < -0.3 is 9.72 Å². The van der Waals surface area contributed by atoms with Crippen LogP contribution < -0.4 is 5.56 Å². The maximum absolute atomic E-state index is 11.2. The van der Waals surface area contributed by atoms with Gasteiger partial charge in [-0.05, 0) is 6.42 Å². The zero-order valence-corrected chi connectivity index (χ0v) is 7.46. The lowest BCUT2D eigenvalue weighted by atomic mass is 10.2. The van der Waals surface area contributed by atoms with Crippen molar-refractivity contribution in [2.24, 2.45) is 0 Å². The van der Waals surface area contributed by atoms with E-state index in [4.69, 9.17) is 0 Å². The van der Waals surface area contributed by atoms with Gasteiger partial charge in [-0.25, -0.2) is 9.78 Å². The number of nitrogens with zero attached hydrogens (tertiary/aromatic N) is 1. The van der Waals surface area contributed by atoms with Crippen molar-refractivity contribution >= 4 is 5.97 Å². The molecule has 5 heteroatoms. The van der Waals surface area contributed by atoms with Crippen LogP contribution in [-0.2, 0) is 11.2 Å². The van der Waals surface area contributed by atoms with E-state index in [1.165, 1.54) is 13.4 Å². The smallest absolute Gasteiger partial charge is 0.345 e. The molecule has 5 nitrogen and oxygen atoms in total. The van der Waals surface area contributed by atoms with Gasteiger partial charge in [0.25, 0.3) is 5.56 Å². The van der Waals surface area contributed by atoms with Gasteiger partial charge in [-0.3, -0.25) is 4.79 Å². The van der Waals surface area contributed by atoms with Crippen molar-refractivity contribution in [1.29, 1.82) is 0 Å². The van der Waals surface area contributed by atoms with Crippen molar-refractivity contribution in [3.8, 4) is 0 Å². The first kappa shape index (κ1) is 9.44. The van der Waals surface area contributed by atoms with Gasteiger partial charge in [0.1, 0.15) is 5.56 Å². The highest BCUT2D eigenvalue weighted by molar-refractivity contribution is 5.89. The molecule has 13 heavy (non-hydrogen) atoms. The van der Waals surface area contributed by atoms with Crippen LogP contribution in [0.15, 0.2) is 11.1 Å². The first-order valence-electron chi connectivity index (χ1n) is 3.85. The second-order valence-corrected chi connectivity index (χ2v) is 2.40. The Morgan fingerprint density at radius 2 is 2.38 bits per heavy atom. The van der Waals surface area contributed by atoms with Crippen molar-refractivity contribution in [3.63, 3.8) is 0 Å². The van der Waals surface area contributed by atoms with Gasteiger partial charge >= 0.3 is 5.97 Å². The highest BCUT2D eigenvalue weighted by atomic mass is 16.5. The van der Waals surface area contributed by atoms with E-state index < -0.39 is 11.5 Å². The van der Waals surface area contributed by atoms with Gasteiger partial charge in [0.15, 0.2) is 0 Å². The quantitative estimate of drug-likeness (QED) is 0.659. The van der Waals surface area contributed by atoms with Gasteiger partial charge in [0, 0.05) is 0 Å². The van der Waals surface area contributed by atoms with Crippen LogP contribution in [0.1, 0.15) is 23.0 Å². The van der Waals surface area contributed by atoms with E-state index in [0.29, 0.717) is 12.1 Å². The molecule has 0 amide bonds. The Balaban J connectivity index is 3.31. The Bertz CT molecular complexity index is 370. The fraction of sp³-hybridized carbons (Fsp3) is 0.375. The molecule has 1 rings (SSSR count). The molecule has 0 fully saturated rings. The maximum Gasteiger partial charge on any atom is 0.345 e. The van der Waals surface area contributed by atoms with E-state index in [-0.39, 0.29) is 5.56 Å². The number of aryl methyl sites for hydroxylation is 1. The molecule has 0 aromatic carbocycles. The summed E-state index contributed by atoms with van der Waals surface area (Å²) in [6, 6.07) is 0. The molecule has 0 radical (unpaired) electrons. The summed E-state index contributed by atoms with van der Waals surface area (Å²) in [5.41, 5.74) is -0.0122. The number of hydrogen-bond acceptors (Lipinski definition) is 4. The van der Waals surface area contributed by atoms with Crippen LogP contribution in [-0.4, -0.2) is 23.0 Å². The third-order valence-corrected chi connectivity index (χ3v) is 1.66. The average Bonchev–Trinajstić information content (AvgIpc) is 2.16. The number of hydrogen-bond donors (Lipinski definition) is 1. The molecule has 0 saturated carbocycles. The Labute approximate surface area is 74.8 Å². The number of aromatic nitrogens is 2. The van der Waals surface area contributed by atoms with Gasteiger partial charge in [-0.15, -0.1) is 0 Å². The van der Waals surface area contributed by atoms with Gasteiger partial charge in [-0.1, -0.05) is 6.92 Å². The van der Waals surface area contributed by atoms with Crippen LogP contribution in [0.25, 0.3) is 0 Å². The standard InChI is InChI=1S/C8H10N2O3/c1-3-5-6(8(12)13-2)7(11)10-4-9-5/h4H,3H2,1-2H3,(H,9,10,11). The first-order chi connectivity index (χ1) is 6.20. The monoisotopic (exact) mass is 182 g/mol. The Morgan fingerprint density at radius 3 is 2.92 bits per heavy atom. The van der Waals surface area contributed by atoms with Crippen LogP contribution in [0.3, 0.4) is 0 Å². The number of rotatable bonds is 2. The molecule has 0 saturated heterocycles. The molecule has 0 aliphatic carbocycles. The predicted molar refractivity (Wildman–Crippen MR) is 45.6 cm³/mol. The highest BCUT2D eigenvalue weighted by Crippen LogP contribution is 2.00. The Kier molecular flexibility index (Phi) is 2.79. The van der Waals surface area contributed by atoms with Crippen molar-refractivity contribution in [3.05, 3.63) is 27.9 Å². The summed E-state index contributed by atoms with van der Waals surface area (Å²) >= 11 is 0. The molecule has 0 aliphatic rings. The molecule has 1 aromatic heterocycles. The lowest BCUT2D eigenvalue weighted by molar-refractivity contribution is 0.0596. The number of esters is 1. The first-order valence-corrected chi connectivity index (χ1v) is 3.85. The van der Waals surface area contributed by atoms with E-state index in [1.54, 1.807) is 0 Å². The van der Waals surface area contributed by atoms with E-state index in [9.17, 15) is 9.59 Å². The molecule has 0 aliphatic heterocycles. The molecule has 0 bridgehead atoms. The minimum atomic E-state index is -0.647. The zero-order chi connectivity index (χ0) is 9.84. The fourth-order valence-electron chi connectivity index (χ4n) is 1.02. The molecule has 1 aromatic rings. The topological polar surface area (TPSA) is 72.0 Å². The largest absolute Gasteiger partial charge is 0.465 e. The summed E-state index contributed by atoms with van der Waals surface area (Å²) < 4.78 is 4.46. The summed E-state index contributed by atoms with van der Waals surface area (Å²) in [7, 11) is 1.23. The van der Waals surface area contributed by atoms with Crippen LogP contribution in [0.4, 0.5) is 0 Å². The van der Waals surface area contributed by atoms with Crippen molar-refractivity contribution < 1.29 is 9.53 Å². The molecule has 0 atom stereocenters. The van der Waals surface area contributed by atoms with Crippen LogP contribution >= 0.6 is 0 Å². The zero-order valence-electron chi connectivity index (χ0n) is 7.46. The average molecular weight is 182 g/mol. The molecular weight excluding hydrogens is 172 g/mol. The second kappa shape index (κ2) is 3.84. The van der Waals surface area contributed by atoms with Gasteiger partial charge in [0.2, 0.25) is 0 Å². The van der Waals surface area contributed by atoms with E-state index in [2.05, 4.69) is 14.7 Å². The molecule has 0 unspecified atom stereocenters. The molecule has 1 N–H and O–H groups in total. The Morgan fingerprint density at radius 1 is 1.69 bits per heavy atom. The molecule has 1 heterocycles. The van der Waals surface area contributed by atoms with E-state index >= 15 is 0 Å². The number of H-pyrrole nitrogens is 1. The lowest BCUT2D eigenvalue weighted by Gasteiger charge is -2.01. The predicted octanol–water partition coefficient (Wildman–Crippen LogP) is 0.119. The second-order valence-electron chi connectivity index (χ2n) is 2.40. The highest BCUT2D eigenvalue weighted by Gasteiger charge is 2.15. The minimum Gasteiger partial charge on any atom is -0.465 e. The number of ether oxygens (including phenoxy) is 1. The normalized spacial score (nSPS) is 9.69. The van der Waals surface area contributed by atoms with Gasteiger partial charge in [-0.2, -0.15) is 0 Å². The van der Waals surface area contributed by atoms with Gasteiger partial charge in [0.05, 0.1) is 19.1 Å². The number of aromatic amines is 1. The summed E-state index contributed by atoms with van der Waals surface area (Å²) in [4.78, 5) is 28.5. The summed E-state index contributed by atoms with van der Waals surface area (Å²) in [5.74, 6) is -0.647. The SMILES string of the molecule is CCc1nc[nH]c(=O)c1C(=O)OC. The number of carbonyl (C=O) groups excluding carboxylic acids is 1. The minimum absolute atomic E-state index is 0.00694. The number of carbonyl (C=O) groups is 1. The third kappa shape index (κ3) is 1.74. The van der Waals surface area contributed by atoms with Crippen molar-refractivity contribution in [2.75, 3.05) is 7.11 Å². The molecule has 0 spiro atoms. The fourth-order valence-corrected chi connectivity index (χ4v) is 1.02. The van der Waals surface area contributed by atoms with E-state index in [0.717, 1.165) is 0 Å². The maximum atomic E-state index is 11.2. The van der Waals surface area contributed by atoms with Crippen molar-refractivity contribution in [2.45, 2.75) is 13.3 Å². The lowest BCUT2D eigenvalue weighted by Crippen LogP contribution is -2.22. The summed E-state index contributed by atoms with van der Waals surface area (Å²) in [6.07, 6.45) is 1.79. The van der Waals surface area contributed by atoms with E-state index in [1.807, 2.05) is 6.92 Å². The van der Waals surface area contributed by atoms with Crippen LogP contribution in [0.5, 0.6) is 0 Å². The molecule has 70 valence electrons. The van der Waals surface area contributed by atoms with Crippen molar-refractivity contribution in [1.82, 2.24) is 9.97 Å².